The summed E-state index contributed by atoms with van der Waals surface area (Å²) < 4.78 is 0. The van der Waals surface area contributed by atoms with Crippen LogP contribution in [0.1, 0.15) is 24.2 Å². The standard InChI is InChI=1S/C15H18N2O3/c1-3-16-9-10-17(15(20)14(16)19)11(2)13(18)12-7-5-4-6-8-12/h4-8,11H,3,9-10H2,1-2H3. The SMILES string of the molecule is CCN1CCN(C(C)C(=O)c2ccccc2)C(=O)C1=O. The molecule has 1 aromatic carbocycles. The van der Waals surface area contributed by atoms with Crippen LogP contribution in [-0.2, 0) is 9.59 Å². The first-order chi connectivity index (χ1) is 9.56. The molecule has 1 aliphatic heterocycles. The molecular weight excluding hydrogens is 256 g/mol. The molecule has 0 aromatic heterocycles. The van der Waals surface area contributed by atoms with Crippen LogP contribution in [0.4, 0.5) is 0 Å². The van der Waals surface area contributed by atoms with Gasteiger partial charge in [0.2, 0.25) is 0 Å². The van der Waals surface area contributed by atoms with E-state index in [1.54, 1.807) is 31.2 Å². The highest BCUT2D eigenvalue weighted by Crippen LogP contribution is 2.13. The summed E-state index contributed by atoms with van der Waals surface area (Å²) in [5.74, 6) is -1.25. The second-order valence-corrected chi connectivity index (χ2v) is 4.79. The molecule has 1 atom stereocenters. The molecule has 1 unspecified atom stereocenters. The summed E-state index contributed by atoms with van der Waals surface area (Å²) in [6, 6.07) is 8.20. The number of ketones is 1. The summed E-state index contributed by atoms with van der Waals surface area (Å²) in [6.45, 7) is 4.90. The van der Waals surface area contributed by atoms with Crippen molar-refractivity contribution >= 4 is 17.6 Å². The number of rotatable bonds is 4. The normalized spacial score (nSPS) is 17.3. The Labute approximate surface area is 118 Å². The summed E-state index contributed by atoms with van der Waals surface area (Å²) in [5, 5.41) is 0. The average molecular weight is 274 g/mol. The number of carbonyl (C=O) groups is 3. The molecule has 0 bridgehead atoms. The highest BCUT2D eigenvalue weighted by molar-refractivity contribution is 6.36. The van der Waals surface area contributed by atoms with Crippen molar-refractivity contribution in [3.05, 3.63) is 35.9 Å². The number of Topliss-reactive ketones (excluding diaryl/α,β-unsaturated/α-hetero) is 1. The van der Waals surface area contributed by atoms with Gasteiger partial charge < -0.3 is 9.80 Å². The van der Waals surface area contributed by atoms with E-state index < -0.39 is 17.9 Å². The van der Waals surface area contributed by atoms with E-state index in [9.17, 15) is 14.4 Å². The summed E-state index contributed by atoms with van der Waals surface area (Å²) in [7, 11) is 0. The first-order valence-corrected chi connectivity index (χ1v) is 6.75. The molecule has 0 aliphatic carbocycles. The third-order valence-electron chi connectivity index (χ3n) is 3.63. The number of benzene rings is 1. The van der Waals surface area contributed by atoms with Gasteiger partial charge in [0.15, 0.2) is 5.78 Å². The van der Waals surface area contributed by atoms with Crippen LogP contribution in [0.2, 0.25) is 0 Å². The Morgan fingerprint density at radius 2 is 1.80 bits per heavy atom. The number of likely N-dealkylation sites (N-methyl/N-ethyl adjacent to an activating group) is 1. The lowest BCUT2D eigenvalue weighted by atomic mass is 10.0. The topological polar surface area (TPSA) is 57.7 Å². The van der Waals surface area contributed by atoms with E-state index in [2.05, 4.69) is 0 Å². The van der Waals surface area contributed by atoms with Gasteiger partial charge in [0.1, 0.15) is 0 Å². The maximum absolute atomic E-state index is 12.3. The molecule has 5 nitrogen and oxygen atoms in total. The lowest BCUT2D eigenvalue weighted by molar-refractivity contribution is -0.156. The second kappa shape index (κ2) is 5.86. The van der Waals surface area contributed by atoms with Crippen molar-refractivity contribution in [1.82, 2.24) is 9.80 Å². The first-order valence-electron chi connectivity index (χ1n) is 6.75. The predicted octanol–water partition coefficient (Wildman–Crippen LogP) is 0.948. The summed E-state index contributed by atoms with van der Waals surface area (Å²) >= 11 is 0. The van der Waals surface area contributed by atoms with Crippen molar-refractivity contribution in [2.24, 2.45) is 0 Å². The lowest BCUT2D eigenvalue weighted by Crippen LogP contribution is -2.58. The zero-order valence-corrected chi connectivity index (χ0v) is 11.7. The Hall–Kier alpha value is -2.17. The van der Waals surface area contributed by atoms with Crippen LogP contribution in [-0.4, -0.2) is 53.1 Å². The molecule has 0 saturated carbocycles. The van der Waals surface area contributed by atoms with E-state index in [-0.39, 0.29) is 5.78 Å². The van der Waals surface area contributed by atoms with Crippen molar-refractivity contribution in [1.29, 1.82) is 0 Å². The van der Waals surface area contributed by atoms with Crippen LogP contribution in [0.5, 0.6) is 0 Å². The molecule has 1 fully saturated rings. The zero-order valence-electron chi connectivity index (χ0n) is 11.7. The number of hydrogen-bond acceptors (Lipinski definition) is 3. The highest BCUT2D eigenvalue weighted by Gasteiger charge is 2.36. The third-order valence-corrected chi connectivity index (χ3v) is 3.63. The minimum atomic E-state index is -0.618. The maximum Gasteiger partial charge on any atom is 0.312 e. The fraction of sp³-hybridized carbons (Fsp3) is 0.400. The molecule has 20 heavy (non-hydrogen) atoms. The van der Waals surface area contributed by atoms with Gasteiger partial charge in [0.05, 0.1) is 6.04 Å². The molecule has 106 valence electrons. The number of piperazine rings is 1. The Morgan fingerprint density at radius 3 is 2.40 bits per heavy atom. The molecule has 1 aromatic rings. The molecule has 1 heterocycles. The maximum atomic E-state index is 12.3. The Morgan fingerprint density at radius 1 is 1.15 bits per heavy atom. The minimum absolute atomic E-state index is 0.142. The van der Waals surface area contributed by atoms with Gasteiger partial charge in [-0.3, -0.25) is 14.4 Å². The van der Waals surface area contributed by atoms with E-state index in [1.165, 1.54) is 9.80 Å². The first kappa shape index (κ1) is 14.2. The number of amides is 2. The molecular formula is C15H18N2O3. The molecule has 0 spiro atoms. The quantitative estimate of drug-likeness (QED) is 0.606. The van der Waals surface area contributed by atoms with E-state index in [0.717, 1.165) is 0 Å². The Bertz CT molecular complexity index is 527. The van der Waals surface area contributed by atoms with Crippen LogP contribution < -0.4 is 0 Å². The van der Waals surface area contributed by atoms with E-state index >= 15 is 0 Å². The second-order valence-electron chi connectivity index (χ2n) is 4.79. The average Bonchev–Trinajstić information content (AvgIpc) is 2.49. The Kier molecular flexibility index (Phi) is 4.17. The highest BCUT2D eigenvalue weighted by atomic mass is 16.2. The molecule has 1 saturated heterocycles. The van der Waals surface area contributed by atoms with Crippen LogP contribution in [0.15, 0.2) is 30.3 Å². The van der Waals surface area contributed by atoms with Crippen LogP contribution in [0.3, 0.4) is 0 Å². The summed E-state index contributed by atoms with van der Waals surface area (Å²) in [4.78, 5) is 39.1. The van der Waals surface area contributed by atoms with E-state index in [4.69, 9.17) is 0 Å². The minimum Gasteiger partial charge on any atom is -0.333 e. The lowest BCUT2D eigenvalue weighted by Gasteiger charge is -2.36. The van der Waals surface area contributed by atoms with E-state index in [1.807, 2.05) is 13.0 Å². The fourth-order valence-electron chi connectivity index (χ4n) is 2.35. The zero-order chi connectivity index (χ0) is 14.7. The van der Waals surface area contributed by atoms with Crippen LogP contribution >= 0.6 is 0 Å². The van der Waals surface area contributed by atoms with Crippen molar-refractivity contribution in [3.63, 3.8) is 0 Å². The van der Waals surface area contributed by atoms with Gasteiger partial charge >= 0.3 is 11.8 Å². The molecule has 2 rings (SSSR count). The smallest absolute Gasteiger partial charge is 0.312 e. The monoisotopic (exact) mass is 274 g/mol. The number of nitrogens with zero attached hydrogens (tertiary/aromatic N) is 2. The van der Waals surface area contributed by atoms with Crippen molar-refractivity contribution in [2.75, 3.05) is 19.6 Å². The summed E-state index contributed by atoms with van der Waals surface area (Å²) in [5.41, 5.74) is 0.554. The van der Waals surface area contributed by atoms with Gasteiger partial charge in [-0.15, -0.1) is 0 Å². The van der Waals surface area contributed by atoms with Crippen molar-refractivity contribution in [2.45, 2.75) is 19.9 Å². The molecule has 0 radical (unpaired) electrons. The molecule has 0 N–H and O–H groups in total. The van der Waals surface area contributed by atoms with Gasteiger partial charge in [-0.2, -0.15) is 0 Å². The van der Waals surface area contributed by atoms with Crippen LogP contribution in [0.25, 0.3) is 0 Å². The van der Waals surface area contributed by atoms with E-state index in [0.29, 0.717) is 25.2 Å². The van der Waals surface area contributed by atoms with Crippen LogP contribution in [0, 0.1) is 0 Å². The molecule has 5 heteroatoms. The summed E-state index contributed by atoms with van der Waals surface area (Å²) in [6.07, 6.45) is 0. The molecule has 1 aliphatic rings. The van der Waals surface area contributed by atoms with Gasteiger partial charge in [0.25, 0.3) is 0 Å². The van der Waals surface area contributed by atoms with Gasteiger partial charge in [-0.25, -0.2) is 0 Å². The van der Waals surface area contributed by atoms with Crippen molar-refractivity contribution < 1.29 is 14.4 Å². The van der Waals surface area contributed by atoms with Gasteiger partial charge in [-0.05, 0) is 13.8 Å². The van der Waals surface area contributed by atoms with Gasteiger partial charge in [-0.1, -0.05) is 30.3 Å². The van der Waals surface area contributed by atoms with Crippen molar-refractivity contribution in [3.8, 4) is 0 Å². The predicted molar refractivity (Wildman–Crippen MR) is 74.2 cm³/mol. The number of hydrogen-bond donors (Lipinski definition) is 0. The largest absolute Gasteiger partial charge is 0.333 e. The number of carbonyl (C=O) groups excluding carboxylic acids is 3. The molecule has 2 amide bonds. The fourth-order valence-corrected chi connectivity index (χ4v) is 2.35. The Balaban J connectivity index is 2.14. The van der Waals surface area contributed by atoms with Gasteiger partial charge in [0, 0.05) is 25.2 Å². The third kappa shape index (κ3) is 2.57.